The lowest BCUT2D eigenvalue weighted by molar-refractivity contribution is 0.0114. The van der Waals surface area contributed by atoms with E-state index in [2.05, 4.69) is 38.9 Å². The van der Waals surface area contributed by atoms with Crippen molar-refractivity contribution in [3.05, 3.63) is 41.1 Å². The van der Waals surface area contributed by atoms with Gasteiger partial charge in [0.2, 0.25) is 0 Å². The van der Waals surface area contributed by atoms with Gasteiger partial charge in [0.15, 0.2) is 6.17 Å². The van der Waals surface area contributed by atoms with E-state index in [1.54, 1.807) is 12.4 Å². The van der Waals surface area contributed by atoms with Crippen LogP contribution in [0.1, 0.15) is 89.0 Å². The average Bonchev–Trinajstić information content (AvgIpc) is 3.69. The number of amides is 2. The van der Waals surface area contributed by atoms with E-state index in [9.17, 15) is 4.79 Å². The molecule has 2 aliphatic carbocycles. The summed E-state index contributed by atoms with van der Waals surface area (Å²) in [7, 11) is 0. The van der Waals surface area contributed by atoms with Gasteiger partial charge in [-0.2, -0.15) is 5.11 Å². The van der Waals surface area contributed by atoms with E-state index in [-0.39, 0.29) is 6.10 Å². The van der Waals surface area contributed by atoms with Gasteiger partial charge in [0.1, 0.15) is 11.9 Å². The van der Waals surface area contributed by atoms with E-state index < -0.39 is 12.2 Å². The number of carbonyl (C=O) groups is 1. The van der Waals surface area contributed by atoms with Crippen molar-refractivity contribution in [3.8, 4) is 11.3 Å². The van der Waals surface area contributed by atoms with Crippen LogP contribution in [0.5, 0.6) is 0 Å². The van der Waals surface area contributed by atoms with Crippen molar-refractivity contribution in [2.45, 2.75) is 84.0 Å². The summed E-state index contributed by atoms with van der Waals surface area (Å²) in [4.78, 5) is 26.5. The number of fused-ring (bicyclic) bond motifs is 1. The summed E-state index contributed by atoms with van der Waals surface area (Å²) in [6.45, 7) is 5.92. The van der Waals surface area contributed by atoms with E-state index in [4.69, 9.17) is 26.3 Å². The minimum Gasteiger partial charge on any atom is -0.370 e. The molecule has 10 heteroatoms. The Balaban J connectivity index is 1.55. The number of halogens is 1. The standard InChI is InChI=1S/C29H36ClN7O2/c1-3-39-26(19-6-4-5-7-19)28-33-22-13-23(27-34-29(38)36-35-27)32-24(20-12-21(30)15-31-14-20)25(22)37(28)16-18-10-8-17(2)9-11-18/h12-15,17-19,26-27H,3-11,16H2,1-2H3,(H,34,38). The molecular formula is C29H36ClN7O2. The van der Waals surface area contributed by atoms with Gasteiger partial charge in [-0.3, -0.25) is 4.98 Å². The second kappa shape index (κ2) is 11.3. The molecule has 0 radical (unpaired) electrons. The van der Waals surface area contributed by atoms with Gasteiger partial charge < -0.3 is 14.6 Å². The third kappa shape index (κ3) is 5.43. The van der Waals surface area contributed by atoms with Gasteiger partial charge >= 0.3 is 6.03 Å². The molecule has 39 heavy (non-hydrogen) atoms. The third-order valence-corrected chi connectivity index (χ3v) is 8.77. The minimum atomic E-state index is -0.654. The maximum absolute atomic E-state index is 11.8. The number of imidazole rings is 1. The fourth-order valence-corrected chi connectivity index (χ4v) is 6.70. The number of hydrogen-bond donors (Lipinski definition) is 1. The molecule has 4 heterocycles. The maximum atomic E-state index is 11.8. The molecular weight excluding hydrogens is 514 g/mol. The van der Waals surface area contributed by atoms with Gasteiger partial charge in [0.05, 0.1) is 27.4 Å². The Morgan fingerprint density at radius 2 is 1.90 bits per heavy atom. The maximum Gasteiger partial charge on any atom is 0.361 e. The van der Waals surface area contributed by atoms with Crippen LogP contribution in [0.4, 0.5) is 4.79 Å². The minimum absolute atomic E-state index is 0.0768. The Labute approximate surface area is 233 Å². The van der Waals surface area contributed by atoms with Crippen LogP contribution in [0, 0.1) is 17.8 Å². The molecule has 2 unspecified atom stereocenters. The predicted octanol–water partition coefficient (Wildman–Crippen LogP) is 7.41. The second-order valence-electron chi connectivity index (χ2n) is 11.3. The lowest BCUT2D eigenvalue weighted by atomic mass is 9.83. The van der Waals surface area contributed by atoms with Crippen molar-refractivity contribution in [2.75, 3.05) is 6.61 Å². The summed E-state index contributed by atoms with van der Waals surface area (Å²) in [5.74, 6) is 2.77. The molecule has 3 aliphatic rings. The molecule has 2 amide bonds. The Hall–Kier alpha value is -2.91. The first-order chi connectivity index (χ1) is 19.0. The molecule has 0 saturated heterocycles. The van der Waals surface area contributed by atoms with Gasteiger partial charge in [-0.25, -0.2) is 14.8 Å². The van der Waals surface area contributed by atoms with Gasteiger partial charge in [0, 0.05) is 31.1 Å². The summed E-state index contributed by atoms with van der Waals surface area (Å²) in [5.41, 5.74) is 3.89. The molecule has 2 saturated carbocycles. The van der Waals surface area contributed by atoms with E-state index >= 15 is 0 Å². The zero-order valence-electron chi connectivity index (χ0n) is 22.6. The Morgan fingerprint density at radius 3 is 2.59 bits per heavy atom. The van der Waals surface area contributed by atoms with Gasteiger partial charge in [-0.05, 0) is 62.5 Å². The molecule has 3 aromatic heterocycles. The predicted molar refractivity (Wildman–Crippen MR) is 149 cm³/mol. The summed E-state index contributed by atoms with van der Waals surface area (Å²) in [6.07, 6.45) is 12.3. The van der Waals surface area contributed by atoms with E-state index in [1.165, 1.54) is 38.5 Å². The number of pyridine rings is 2. The van der Waals surface area contributed by atoms with Crippen molar-refractivity contribution in [1.82, 2.24) is 24.8 Å². The molecule has 1 aliphatic heterocycles. The Kier molecular flexibility index (Phi) is 7.62. The number of hydrogen-bond acceptors (Lipinski definition) is 6. The molecule has 0 spiro atoms. The van der Waals surface area contributed by atoms with Crippen LogP contribution in [0.2, 0.25) is 5.02 Å². The highest BCUT2D eigenvalue weighted by Gasteiger charge is 2.34. The SMILES string of the molecule is CCOC(c1nc2cc(C3N=NC(=O)N3)nc(-c3cncc(Cl)c3)c2n1CC1CCC(C)CC1)C1CCCC1. The van der Waals surface area contributed by atoms with Crippen molar-refractivity contribution >= 4 is 28.7 Å². The Bertz CT molecular complexity index is 1380. The number of nitrogens with zero attached hydrogens (tertiary/aromatic N) is 6. The van der Waals surface area contributed by atoms with E-state index in [0.717, 1.165) is 53.4 Å². The molecule has 2 atom stereocenters. The number of carbonyl (C=O) groups excluding carboxylic acids is 1. The molecule has 3 aromatic rings. The number of aromatic nitrogens is 4. The van der Waals surface area contributed by atoms with Gasteiger partial charge in [-0.1, -0.05) is 49.3 Å². The number of urea groups is 1. The van der Waals surface area contributed by atoms with E-state index in [1.807, 2.05) is 12.1 Å². The summed E-state index contributed by atoms with van der Waals surface area (Å²) < 4.78 is 8.85. The van der Waals surface area contributed by atoms with Crippen LogP contribution in [-0.4, -0.2) is 32.2 Å². The van der Waals surface area contributed by atoms with Crippen molar-refractivity contribution in [2.24, 2.45) is 28.0 Å². The highest BCUT2D eigenvalue weighted by Crippen LogP contribution is 2.42. The molecule has 2 fully saturated rings. The molecule has 0 aromatic carbocycles. The summed E-state index contributed by atoms with van der Waals surface area (Å²) in [5, 5.41) is 11.1. The Morgan fingerprint density at radius 1 is 1.10 bits per heavy atom. The first kappa shape index (κ1) is 26.3. The van der Waals surface area contributed by atoms with Gasteiger partial charge in [0.25, 0.3) is 0 Å². The molecule has 1 N–H and O–H groups in total. The normalized spacial score (nSPS) is 24.5. The van der Waals surface area contributed by atoms with Crippen LogP contribution >= 0.6 is 11.6 Å². The molecule has 9 nitrogen and oxygen atoms in total. The molecule has 0 bridgehead atoms. The van der Waals surface area contributed by atoms with Crippen molar-refractivity contribution in [3.63, 3.8) is 0 Å². The first-order valence-electron chi connectivity index (χ1n) is 14.3. The third-order valence-electron chi connectivity index (χ3n) is 8.56. The number of rotatable bonds is 8. The number of nitrogens with one attached hydrogen (secondary N) is 1. The van der Waals surface area contributed by atoms with Crippen LogP contribution in [0.25, 0.3) is 22.3 Å². The summed E-state index contributed by atoms with van der Waals surface area (Å²) in [6, 6.07) is 3.35. The topological polar surface area (TPSA) is 107 Å². The van der Waals surface area contributed by atoms with Crippen molar-refractivity contribution < 1.29 is 9.53 Å². The highest BCUT2D eigenvalue weighted by atomic mass is 35.5. The monoisotopic (exact) mass is 549 g/mol. The number of ether oxygens (including phenoxy) is 1. The zero-order valence-corrected chi connectivity index (χ0v) is 23.4. The van der Waals surface area contributed by atoms with Crippen LogP contribution in [-0.2, 0) is 11.3 Å². The van der Waals surface area contributed by atoms with Crippen molar-refractivity contribution in [1.29, 1.82) is 0 Å². The molecule has 206 valence electrons. The van der Waals surface area contributed by atoms with Gasteiger partial charge in [-0.15, -0.1) is 0 Å². The second-order valence-corrected chi connectivity index (χ2v) is 11.8. The lowest BCUT2D eigenvalue weighted by Gasteiger charge is -2.29. The number of azo groups is 1. The van der Waals surface area contributed by atoms with Crippen LogP contribution in [0.3, 0.4) is 0 Å². The first-order valence-corrected chi connectivity index (χ1v) is 14.7. The largest absolute Gasteiger partial charge is 0.370 e. The van der Waals surface area contributed by atoms with Crippen LogP contribution in [0.15, 0.2) is 34.8 Å². The van der Waals surface area contributed by atoms with Crippen LogP contribution < -0.4 is 5.32 Å². The lowest BCUT2D eigenvalue weighted by Crippen LogP contribution is -2.23. The smallest absolute Gasteiger partial charge is 0.361 e. The average molecular weight is 550 g/mol. The fraction of sp³-hybridized carbons (Fsp3) is 0.586. The fourth-order valence-electron chi connectivity index (χ4n) is 6.53. The van der Waals surface area contributed by atoms with E-state index in [0.29, 0.717) is 29.2 Å². The quantitative estimate of drug-likeness (QED) is 0.314. The zero-order chi connectivity index (χ0) is 26.9. The highest BCUT2D eigenvalue weighted by molar-refractivity contribution is 6.30. The molecule has 6 rings (SSSR count). The summed E-state index contributed by atoms with van der Waals surface area (Å²) >= 11 is 6.40.